The van der Waals surface area contributed by atoms with Gasteiger partial charge in [-0.15, -0.1) is 0 Å². The normalized spacial score (nSPS) is 11.2. The van der Waals surface area contributed by atoms with E-state index in [1.807, 2.05) is 49.4 Å². The van der Waals surface area contributed by atoms with Gasteiger partial charge >= 0.3 is 6.03 Å². The minimum atomic E-state index is -0.409. The number of pyridine rings is 1. The summed E-state index contributed by atoms with van der Waals surface area (Å²) in [6, 6.07) is 19.2. The van der Waals surface area contributed by atoms with Gasteiger partial charge in [0.25, 0.3) is 5.91 Å². The molecule has 0 saturated carbocycles. The fourth-order valence-corrected chi connectivity index (χ4v) is 3.20. The van der Waals surface area contributed by atoms with E-state index in [-0.39, 0.29) is 24.5 Å². The maximum Gasteiger partial charge on any atom is 0.319 e. The molecule has 1 atom stereocenters. The number of nitrogens with zero attached hydrogens (tertiary/aromatic N) is 1. The van der Waals surface area contributed by atoms with Crippen LogP contribution in [0.25, 0.3) is 0 Å². The summed E-state index contributed by atoms with van der Waals surface area (Å²) in [6.07, 6.45) is 4.08. The Bertz CT molecular complexity index is 1070. The van der Waals surface area contributed by atoms with Crippen LogP contribution in [0.1, 0.15) is 40.9 Å². The highest BCUT2D eigenvalue weighted by Gasteiger charge is 2.14. The SMILES string of the molecule is CCC(NC(=O)CNC(=O)c1cccc(NC(=O)NCc2ccccc2)c1)c1cccnc1. The first-order chi connectivity index (χ1) is 16.0. The van der Waals surface area contributed by atoms with Gasteiger partial charge in [0.05, 0.1) is 12.6 Å². The fraction of sp³-hybridized carbons (Fsp3) is 0.200. The van der Waals surface area contributed by atoms with Crippen molar-refractivity contribution >= 4 is 23.5 Å². The number of benzene rings is 2. The van der Waals surface area contributed by atoms with Crippen molar-refractivity contribution in [3.05, 3.63) is 95.8 Å². The summed E-state index contributed by atoms with van der Waals surface area (Å²) >= 11 is 0. The predicted octanol–water partition coefficient (Wildman–Crippen LogP) is 3.40. The quantitative estimate of drug-likeness (QED) is 0.404. The van der Waals surface area contributed by atoms with Gasteiger partial charge in [-0.1, -0.05) is 49.4 Å². The number of nitrogens with one attached hydrogen (secondary N) is 4. The molecule has 1 heterocycles. The molecule has 0 radical (unpaired) electrons. The summed E-state index contributed by atoms with van der Waals surface area (Å²) in [5, 5.41) is 11.0. The Hall–Kier alpha value is -4.20. The van der Waals surface area contributed by atoms with Crippen LogP contribution in [0, 0.1) is 0 Å². The van der Waals surface area contributed by atoms with E-state index in [0.717, 1.165) is 11.1 Å². The van der Waals surface area contributed by atoms with Crippen LogP contribution in [-0.4, -0.2) is 29.4 Å². The number of hydrogen-bond acceptors (Lipinski definition) is 4. The van der Waals surface area contributed by atoms with Crippen LogP contribution in [0.5, 0.6) is 0 Å². The van der Waals surface area contributed by atoms with Crippen molar-refractivity contribution in [3.8, 4) is 0 Å². The van der Waals surface area contributed by atoms with Crippen LogP contribution in [0.3, 0.4) is 0 Å². The molecule has 0 aliphatic heterocycles. The van der Waals surface area contributed by atoms with Gasteiger partial charge in [-0.25, -0.2) is 4.79 Å². The molecular weight excluding hydrogens is 418 g/mol. The number of aromatic nitrogens is 1. The number of carbonyl (C=O) groups is 3. The summed E-state index contributed by atoms with van der Waals surface area (Å²) in [5.74, 6) is -0.707. The molecule has 8 heteroatoms. The van der Waals surface area contributed by atoms with Gasteiger partial charge in [0, 0.05) is 30.2 Å². The highest BCUT2D eigenvalue weighted by atomic mass is 16.2. The molecule has 0 fully saturated rings. The number of carbonyl (C=O) groups excluding carboxylic acids is 3. The molecule has 1 unspecified atom stereocenters. The molecular formula is C25H27N5O3. The van der Waals surface area contributed by atoms with Crippen LogP contribution in [0.15, 0.2) is 79.1 Å². The zero-order chi connectivity index (χ0) is 23.5. The van der Waals surface area contributed by atoms with E-state index in [1.165, 1.54) is 0 Å². The average molecular weight is 446 g/mol. The number of anilines is 1. The molecule has 0 spiro atoms. The Morgan fingerprint density at radius 1 is 0.939 bits per heavy atom. The highest BCUT2D eigenvalue weighted by Crippen LogP contribution is 2.14. The summed E-state index contributed by atoms with van der Waals surface area (Å²) in [7, 11) is 0. The van der Waals surface area contributed by atoms with E-state index >= 15 is 0 Å². The first-order valence-corrected chi connectivity index (χ1v) is 10.7. The zero-order valence-electron chi connectivity index (χ0n) is 18.4. The minimum Gasteiger partial charge on any atom is -0.348 e. The smallest absolute Gasteiger partial charge is 0.319 e. The first kappa shape index (κ1) is 23.5. The van der Waals surface area contributed by atoms with E-state index in [2.05, 4.69) is 26.3 Å². The maximum absolute atomic E-state index is 12.5. The third-order valence-corrected chi connectivity index (χ3v) is 4.92. The Morgan fingerprint density at radius 3 is 2.48 bits per heavy atom. The van der Waals surface area contributed by atoms with Gasteiger partial charge in [0.1, 0.15) is 0 Å². The molecule has 1 aromatic heterocycles. The van der Waals surface area contributed by atoms with Crippen molar-refractivity contribution in [3.63, 3.8) is 0 Å². The number of hydrogen-bond donors (Lipinski definition) is 4. The molecule has 0 aliphatic rings. The minimum absolute atomic E-state index is 0.162. The van der Waals surface area contributed by atoms with E-state index in [1.54, 1.807) is 36.7 Å². The van der Waals surface area contributed by atoms with Gasteiger partial charge in [-0.05, 0) is 41.8 Å². The van der Waals surface area contributed by atoms with Crippen molar-refractivity contribution in [1.29, 1.82) is 0 Å². The van der Waals surface area contributed by atoms with Crippen molar-refractivity contribution in [1.82, 2.24) is 20.9 Å². The summed E-state index contributed by atoms with van der Waals surface area (Å²) in [5.41, 5.74) is 2.69. The Balaban J connectivity index is 1.48. The molecule has 3 rings (SSSR count). The summed E-state index contributed by atoms with van der Waals surface area (Å²) in [4.78, 5) is 41.0. The molecule has 2 aromatic carbocycles. The second kappa shape index (κ2) is 12.0. The van der Waals surface area contributed by atoms with E-state index in [9.17, 15) is 14.4 Å². The molecule has 0 aliphatic carbocycles. The second-order valence-electron chi connectivity index (χ2n) is 7.37. The molecule has 4 N–H and O–H groups in total. The van der Waals surface area contributed by atoms with E-state index in [0.29, 0.717) is 24.2 Å². The van der Waals surface area contributed by atoms with Crippen molar-refractivity contribution in [2.75, 3.05) is 11.9 Å². The third-order valence-electron chi connectivity index (χ3n) is 4.92. The van der Waals surface area contributed by atoms with Crippen LogP contribution < -0.4 is 21.3 Å². The fourth-order valence-electron chi connectivity index (χ4n) is 3.20. The molecule has 33 heavy (non-hydrogen) atoms. The molecule has 8 nitrogen and oxygen atoms in total. The Kier molecular flexibility index (Phi) is 8.53. The van der Waals surface area contributed by atoms with Gasteiger partial charge in [-0.3, -0.25) is 14.6 Å². The largest absolute Gasteiger partial charge is 0.348 e. The van der Waals surface area contributed by atoms with Crippen LogP contribution in [-0.2, 0) is 11.3 Å². The lowest BCUT2D eigenvalue weighted by Gasteiger charge is -2.17. The van der Waals surface area contributed by atoms with E-state index < -0.39 is 5.91 Å². The Labute approximate surface area is 192 Å². The number of urea groups is 1. The van der Waals surface area contributed by atoms with Crippen molar-refractivity contribution < 1.29 is 14.4 Å². The predicted molar refractivity (Wildman–Crippen MR) is 126 cm³/mol. The van der Waals surface area contributed by atoms with Crippen molar-refractivity contribution in [2.45, 2.75) is 25.9 Å². The molecule has 0 bridgehead atoms. The standard InChI is InChI=1S/C25H27N5O3/c1-2-22(20-11-7-13-26-16-20)30-23(31)17-27-24(32)19-10-6-12-21(14-19)29-25(33)28-15-18-8-4-3-5-9-18/h3-14,16,22H,2,15,17H2,1H3,(H,27,32)(H,30,31)(H2,28,29,33). The van der Waals surface area contributed by atoms with Gasteiger partial charge in [-0.2, -0.15) is 0 Å². The number of amides is 4. The van der Waals surface area contributed by atoms with Crippen LogP contribution in [0.2, 0.25) is 0 Å². The lowest BCUT2D eigenvalue weighted by Crippen LogP contribution is -2.38. The molecule has 0 saturated heterocycles. The topological polar surface area (TPSA) is 112 Å². The van der Waals surface area contributed by atoms with Gasteiger partial charge < -0.3 is 21.3 Å². The lowest BCUT2D eigenvalue weighted by molar-refractivity contribution is -0.120. The maximum atomic E-state index is 12.5. The van der Waals surface area contributed by atoms with Gasteiger partial charge in [0.15, 0.2) is 0 Å². The highest BCUT2D eigenvalue weighted by molar-refractivity contribution is 5.98. The summed E-state index contributed by atoms with van der Waals surface area (Å²) < 4.78 is 0. The molecule has 3 aromatic rings. The molecule has 170 valence electrons. The van der Waals surface area contributed by atoms with E-state index in [4.69, 9.17) is 0 Å². The van der Waals surface area contributed by atoms with Crippen LogP contribution in [0.4, 0.5) is 10.5 Å². The second-order valence-corrected chi connectivity index (χ2v) is 7.37. The van der Waals surface area contributed by atoms with Crippen molar-refractivity contribution in [2.24, 2.45) is 0 Å². The average Bonchev–Trinajstić information content (AvgIpc) is 2.86. The third kappa shape index (κ3) is 7.46. The zero-order valence-corrected chi connectivity index (χ0v) is 18.4. The first-order valence-electron chi connectivity index (χ1n) is 10.7. The monoisotopic (exact) mass is 445 g/mol. The lowest BCUT2D eigenvalue weighted by atomic mass is 10.1. The van der Waals surface area contributed by atoms with Crippen LogP contribution >= 0.6 is 0 Å². The summed E-state index contributed by atoms with van der Waals surface area (Å²) in [6.45, 7) is 2.19. The number of rotatable bonds is 9. The van der Waals surface area contributed by atoms with Gasteiger partial charge in [0.2, 0.25) is 5.91 Å². The Morgan fingerprint density at radius 2 is 1.76 bits per heavy atom. The molecule has 4 amide bonds.